The van der Waals surface area contributed by atoms with Gasteiger partial charge in [-0.05, 0) is 26.0 Å². The third-order valence-corrected chi connectivity index (χ3v) is 4.28. The number of carbonyl (C=O) groups is 1. The third kappa shape index (κ3) is 3.45. The monoisotopic (exact) mass is 335 g/mol. The molecule has 0 bridgehead atoms. The van der Waals surface area contributed by atoms with Crippen molar-refractivity contribution in [2.24, 2.45) is 0 Å². The van der Waals surface area contributed by atoms with Crippen molar-refractivity contribution in [3.05, 3.63) is 23.2 Å². The molecule has 122 valence electrons. The highest BCUT2D eigenvalue weighted by molar-refractivity contribution is 7.15. The van der Waals surface area contributed by atoms with Gasteiger partial charge in [0.1, 0.15) is 18.2 Å². The lowest BCUT2D eigenvalue weighted by atomic mass is 10.1. The number of hydrogen-bond donors (Lipinski definition) is 3. The van der Waals surface area contributed by atoms with E-state index >= 15 is 0 Å². The highest BCUT2D eigenvalue weighted by Gasteiger charge is 2.27. The summed E-state index contributed by atoms with van der Waals surface area (Å²) < 4.78 is 10.9. The average Bonchev–Trinajstić information content (AvgIpc) is 2.94. The molecule has 0 saturated heterocycles. The van der Waals surface area contributed by atoms with Gasteiger partial charge in [-0.2, -0.15) is 0 Å². The Morgan fingerprint density at radius 3 is 2.70 bits per heavy atom. The summed E-state index contributed by atoms with van der Waals surface area (Å²) in [5.74, 6) is 1.29. The molecule has 0 spiro atoms. The van der Waals surface area contributed by atoms with Crippen LogP contribution in [0.5, 0.6) is 11.5 Å². The molecule has 8 nitrogen and oxygen atoms in total. The standard InChI is InChI=1S/C14H17N5O3S/c1-14(2,11-18-19-12(15)23-11)17-13(20)16-8-3-4-9-10(7-8)22-6-5-21-9/h3-4,7H,5-6H2,1-2H3,(H2,15,19)(H2,16,17,20). The number of ether oxygens (including phenoxy) is 2. The lowest BCUT2D eigenvalue weighted by Gasteiger charge is -2.24. The Morgan fingerprint density at radius 2 is 2.00 bits per heavy atom. The number of hydrogen-bond acceptors (Lipinski definition) is 7. The van der Waals surface area contributed by atoms with E-state index in [0.29, 0.717) is 40.5 Å². The average molecular weight is 335 g/mol. The van der Waals surface area contributed by atoms with Crippen molar-refractivity contribution in [1.29, 1.82) is 0 Å². The number of amides is 2. The summed E-state index contributed by atoms with van der Waals surface area (Å²) in [6.45, 7) is 4.68. The van der Waals surface area contributed by atoms with Gasteiger partial charge in [-0.15, -0.1) is 10.2 Å². The molecule has 2 amide bonds. The smallest absolute Gasteiger partial charge is 0.319 e. The zero-order chi connectivity index (χ0) is 16.4. The molecule has 0 saturated carbocycles. The first kappa shape index (κ1) is 15.3. The molecule has 0 unspecified atom stereocenters. The molecular weight excluding hydrogens is 318 g/mol. The van der Waals surface area contributed by atoms with Gasteiger partial charge < -0.3 is 25.8 Å². The van der Waals surface area contributed by atoms with Gasteiger partial charge in [0.2, 0.25) is 5.13 Å². The summed E-state index contributed by atoms with van der Waals surface area (Å²) in [4.78, 5) is 12.2. The summed E-state index contributed by atoms with van der Waals surface area (Å²) in [6.07, 6.45) is 0. The van der Waals surface area contributed by atoms with Crippen LogP contribution in [0.3, 0.4) is 0 Å². The highest BCUT2D eigenvalue weighted by Crippen LogP contribution is 2.32. The first-order valence-corrected chi connectivity index (χ1v) is 7.84. The molecule has 1 aliphatic heterocycles. The van der Waals surface area contributed by atoms with E-state index in [1.807, 2.05) is 13.8 Å². The largest absolute Gasteiger partial charge is 0.486 e. The molecule has 0 radical (unpaired) electrons. The molecule has 0 fully saturated rings. The summed E-state index contributed by atoms with van der Waals surface area (Å²) in [7, 11) is 0. The molecular formula is C14H17N5O3S. The molecule has 9 heteroatoms. The Hall–Kier alpha value is -2.55. The summed E-state index contributed by atoms with van der Waals surface area (Å²) >= 11 is 1.24. The maximum Gasteiger partial charge on any atom is 0.319 e. The van der Waals surface area contributed by atoms with Gasteiger partial charge in [0.05, 0.1) is 5.54 Å². The van der Waals surface area contributed by atoms with E-state index in [-0.39, 0.29) is 6.03 Å². The number of carbonyl (C=O) groups excluding carboxylic acids is 1. The van der Waals surface area contributed by atoms with Crippen LogP contribution in [0.15, 0.2) is 18.2 Å². The Bertz CT molecular complexity index is 731. The number of nitrogen functional groups attached to an aromatic ring is 1. The van der Waals surface area contributed by atoms with Crippen LogP contribution in [0, 0.1) is 0 Å². The predicted molar refractivity (Wildman–Crippen MR) is 86.9 cm³/mol. The summed E-state index contributed by atoms with van der Waals surface area (Å²) in [6, 6.07) is 4.88. The fourth-order valence-corrected chi connectivity index (χ4v) is 2.78. The molecule has 23 heavy (non-hydrogen) atoms. The Kier molecular flexibility index (Phi) is 3.95. The molecule has 1 aliphatic rings. The molecule has 1 aromatic heterocycles. The van der Waals surface area contributed by atoms with Crippen molar-refractivity contribution in [3.8, 4) is 11.5 Å². The SMILES string of the molecule is CC(C)(NC(=O)Nc1ccc2c(c1)OCCO2)c1nnc(N)s1. The maximum absolute atomic E-state index is 12.2. The van der Waals surface area contributed by atoms with Crippen LogP contribution in [0.4, 0.5) is 15.6 Å². The lowest BCUT2D eigenvalue weighted by Crippen LogP contribution is -2.43. The molecule has 4 N–H and O–H groups in total. The van der Waals surface area contributed by atoms with E-state index < -0.39 is 5.54 Å². The van der Waals surface area contributed by atoms with Crippen LogP contribution in [0.2, 0.25) is 0 Å². The second-order valence-electron chi connectivity index (χ2n) is 5.51. The summed E-state index contributed by atoms with van der Waals surface area (Å²) in [5.41, 5.74) is 5.51. The molecule has 3 rings (SSSR count). The van der Waals surface area contributed by atoms with E-state index in [1.54, 1.807) is 18.2 Å². The van der Waals surface area contributed by atoms with Crippen molar-refractivity contribution in [3.63, 3.8) is 0 Å². The van der Waals surface area contributed by atoms with Gasteiger partial charge in [0.15, 0.2) is 11.5 Å². The van der Waals surface area contributed by atoms with E-state index in [4.69, 9.17) is 15.2 Å². The Labute approximate surface area is 137 Å². The molecule has 1 aromatic carbocycles. The van der Waals surface area contributed by atoms with Crippen LogP contribution in [-0.4, -0.2) is 29.4 Å². The first-order chi connectivity index (χ1) is 10.9. The number of fused-ring (bicyclic) bond motifs is 1. The number of anilines is 2. The van der Waals surface area contributed by atoms with Crippen LogP contribution in [-0.2, 0) is 5.54 Å². The minimum absolute atomic E-state index is 0.361. The molecule has 0 aliphatic carbocycles. The number of urea groups is 1. The number of nitrogens with zero attached hydrogens (tertiary/aromatic N) is 2. The topological polar surface area (TPSA) is 111 Å². The number of rotatable bonds is 3. The Morgan fingerprint density at radius 1 is 1.26 bits per heavy atom. The van der Waals surface area contributed by atoms with Gasteiger partial charge in [-0.3, -0.25) is 0 Å². The third-order valence-electron chi connectivity index (χ3n) is 3.20. The fraction of sp³-hybridized carbons (Fsp3) is 0.357. The first-order valence-electron chi connectivity index (χ1n) is 7.02. The molecule has 2 heterocycles. The van der Waals surface area contributed by atoms with Gasteiger partial charge in [0.25, 0.3) is 0 Å². The summed E-state index contributed by atoms with van der Waals surface area (Å²) in [5, 5.41) is 14.3. The lowest BCUT2D eigenvalue weighted by molar-refractivity contribution is 0.171. The van der Waals surface area contributed by atoms with Crippen molar-refractivity contribution >= 4 is 28.2 Å². The van der Waals surface area contributed by atoms with Crippen molar-refractivity contribution in [2.45, 2.75) is 19.4 Å². The minimum Gasteiger partial charge on any atom is -0.486 e. The highest BCUT2D eigenvalue weighted by atomic mass is 32.1. The number of nitrogens with two attached hydrogens (primary N) is 1. The number of aromatic nitrogens is 2. The molecule has 0 atom stereocenters. The van der Waals surface area contributed by atoms with E-state index in [9.17, 15) is 4.79 Å². The normalized spacial score (nSPS) is 13.5. The van der Waals surface area contributed by atoms with Crippen molar-refractivity contribution in [1.82, 2.24) is 15.5 Å². The maximum atomic E-state index is 12.2. The van der Waals surface area contributed by atoms with Gasteiger partial charge >= 0.3 is 6.03 Å². The predicted octanol–water partition coefficient (Wildman–Crippen LogP) is 1.95. The van der Waals surface area contributed by atoms with Crippen LogP contribution in [0.25, 0.3) is 0 Å². The van der Waals surface area contributed by atoms with E-state index in [0.717, 1.165) is 0 Å². The van der Waals surface area contributed by atoms with Gasteiger partial charge in [-0.25, -0.2) is 4.79 Å². The Balaban J connectivity index is 1.67. The zero-order valence-corrected chi connectivity index (χ0v) is 13.6. The quantitative estimate of drug-likeness (QED) is 0.790. The zero-order valence-electron chi connectivity index (χ0n) is 12.8. The van der Waals surface area contributed by atoms with Crippen molar-refractivity contribution < 1.29 is 14.3 Å². The van der Waals surface area contributed by atoms with Crippen LogP contribution in [0.1, 0.15) is 18.9 Å². The number of nitrogens with one attached hydrogen (secondary N) is 2. The van der Waals surface area contributed by atoms with Crippen LogP contribution < -0.4 is 25.8 Å². The van der Waals surface area contributed by atoms with E-state index in [1.165, 1.54) is 11.3 Å². The minimum atomic E-state index is -0.687. The second kappa shape index (κ2) is 5.92. The fourth-order valence-electron chi connectivity index (χ4n) is 2.11. The van der Waals surface area contributed by atoms with Crippen molar-refractivity contribution in [2.75, 3.05) is 24.3 Å². The molecule has 2 aromatic rings. The van der Waals surface area contributed by atoms with E-state index in [2.05, 4.69) is 20.8 Å². The van der Waals surface area contributed by atoms with Gasteiger partial charge in [-0.1, -0.05) is 11.3 Å². The second-order valence-corrected chi connectivity index (χ2v) is 6.52. The van der Waals surface area contributed by atoms with Gasteiger partial charge in [0, 0.05) is 11.8 Å². The number of benzene rings is 1. The van der Waals surface area contributed by atoms with Crippen LogP contribution >= 0.6 is 11.3 Å².